The van der Waals surface area contributed by atoms with Crippen LogP contribution in [-0.4, -0.2) is 36.0 Å². The summed E-state index contributed by atoms with van der Waals surface area (Å²) in [6, 6.07) is 0. The Balaban J connectivity index is 4.24. The Morgan fingerprint density at radius 1 is 1.14 bits per heavy atom. The van der Waals surface area contributed by atoms with Crippen molar-refractivity contribution in [1.29, 1.82) is 0 Å². The van der Waals surface area contributed by atoms with Gasteiger partial charge in [-0.05, 0) is 18.3 Å². The van der Waals surface area contributed by atoms with Crippen molar-refractivity contribution in [3.8, 4) is 0 Å². The number of nitrogens with one attached hydrogen (secondary N) is 1. The van der Waals surface area contributed by atoms with Gasteiger partial charge in [-0.15, -0.1) is 0 Å². The molecule has 1 amide bonds. The third-order valence-electron chi connectivity index (χ3n) is 3.29. The number of carboxylic acid groups (broad SMARTS) is 1. The molecular formula is C15H27NO6. The highest BCUT2D eigenvalue weighted by atomic mass is 16.7. The Morgan fingerprint density at radius 3 is 2.27 bits per heavy atom. The maximum absolute atomic E-state index is 11.6. The molecular weight excluding hydrogens is 290 g/mol. The lowest BCUT2D eigenvalue weighted by molar-refractivity contribution is -0.164. The Kier molecular flexibility index (Phi) is 9.98. The van der Waals surface area contributed by atoms with Crippen LogP contribution in [0.1, 0.15) is 53.4 Å². The molecule has 0 bridgehead atoms. The quantitative estimate of drug-likeness (QED) is 0.474. The summed E-state index contributed by atoms with van der Waals surface area (Å²) in [4.78, 5) is 33.5. The van der Waals surface area contributed by atoms with Gasteiger partial charge in [-0.1, -0.05) is 27.2 Å². The lowest BCUT2D eigenvalue weighted by atomic mass is 9.91. The number of hydrogen-bond donors (Lipinski definition) is 2. The molecule has 0 radical (unpaired) electrons. The van der Waals surface area contributed by atoms with Crippen LogP contribution in [0.5, 0.6) is 0 Å². The van der Waals surface area contributed by atoms with E-state index in [2.05, 4.69) is 5.32 Å². The van der Waals surface area contributed by atoms with Crippen LogP contribution in [-0.2, 0) is 19.1 Å². The number of amides is 1. The van der Waals surface area contributed by atoms with E-state index >= 15 is 0 Å². The van der Waals surface area contributed by atoms with E-state index in [-0.39, 0.29) is 25.3 Å². The summed E-state index contributed by atoms with van der Waals surface area (Å²) in [5, 5.41) is 11.4. The van der Waals surface area contributed by atoms with Crippen molar-refractivity contribution in [2.75, 3.05) is 6.54 Å². The molecule has 22 heavy (non-hydrogen) atoms. The Bertz CT molecular complexity index is 371. The largest absolute Gasteiger partial charge is 0.481 e. The average Bonchev–Trinajstić information content (AvgIpc) is 2.43. The number of aliphatic carboxylic acids is 1. The molecule has 0 aromatic heterocycles. The summed E-state index contributed by atoms with van der Waals surface area (Å²) in [6.45, 7) is 7.37. The maximum Gasteiger partial charge on any atom is 0.410 e. The normalized spacial score (nSPS) is 14.5. The zero-order valence-electron chi connectivity index (χ0n) is 13.8. The van der Waals surface area contributed by atoms with Crippen molar-refractivity contribution in [3.63, 3.8) is 0 Å². The molecule has 0 aliphatic carbocycles. The molecule has 0 unspecified atom stereocenters. The number of hydrogen-bond acceptors (Lipinski definition) is 5. The van der Waals surface area contributed by atoms with Crippen LogP contribution in [0.4, 0.5) is 4.79 Å². The smallest absolute Gasteiger partial charge is 0.410 e. The Hall–Kier alpha value is -1.79. The van der Waals surface area contributed by atoms with Gasteiger partial charge in [0.15, 0.2) is 0 Å². The lowest BCUT2D eigenvalue weighted by Gasteiger charge is -2.20. The molecule has 0 aliphatic rings. The van der Waals surface area contributed by atoms with Crippen molar-refractivity contribution in [2.24, 2.45) is 11.8 Å². The van der Waals surface area contributed by atoms with Gasteiger partial charge in [-0.2, -0.15) is 0 Å². The lowest BCUT2D eigenvalue weighted by Crippen LogP contribution is -2.34. The van der Waals surface area contributed by atoms with Gasteiger partial charge in [-0.3, -0.25) is 9.59 Å². The maximum atomic E-state index is 11.6. The minimum atomic E-state index is -0.972. The van der Waals surface area contributed by atoms with E-state index < -0.39 is 24.3 Å². The highest BCUT2D eigenvalue weighted by molar-refractivity contribution is 5.70. The van der Waals surface area contributed by atoms with Gasteiger partial charge < -0.3 is 19.9 Å². The molecule has 7 heteroatoms. The Labute approximate surface area is 131 Å². The van der Waals surface area contributed by atoms with Crippen molar-refractivity contribution < 1.29 is 29.0 Å². The summed E-state index contributed by atoms with van der Waals surface area (Å²) in [6.07, 6.45) is 0.153. The number of carbonyl (C=O) groups excluding carboxylic acids is 2. The molecule has 0 aromatic rings. The van der Waals surface area contributed by atoms with E-state index in [1.165, 1.54) is 6.92 Å². The van der Waals surface area contributed by atoms with Crippen LogP contribution in [0.2, 0.25) is 0 Å². The Morgan fingerprint density at radius 2 is 1.77 bits per heavy atom. The van der Waals surface area contributed by atoms with E-state index in [0.717, 1.165) is 6.42 Å². The summed E-state index contributed by atoms with van der Waals surface area (Å²) in [5.74, 6) is -1.13. The monoisotopic (exact) mass is 317 g/mol. The topological polar surface area (TPSA) is 102 Å². The van der Waals surface area contributed by atoms with Gasteiger partial charge in [0.1, 0.15) is 0 Å². The van der Waals surface area contributed by atoms with Gasteiger partial charge in [-0.25, -0.2) is 4.79 Å². The van der Waals surface area contributed by atoms with E-state index in [9.17, 15) is 14.4 Å². The van der Waals surface area contributed by atoms with E-state index in [1.54, 1.807) is 6.92 Å². The number of carboxylic acids is 1. The highest BCUT2D eigenvalue weighted by Crippen LogP contribution is 2.17. The number of esters is 1. The molecule has 7 nitrogen and oxygen atoms in total. The number of alkyl carbamates (subject to hydrolysis) is 1. The van der Waals surface area contributed by atoms with E-state index in [4.69, 9.17) is 14.6 Å². The van der Waals surface area contributed by atoms with Gasteiger partial charge in [0.25, 0.3) is 0 Å². The van der Waals surface area contributed by atoms with Gasteiger partial charge >= 0.3 is 18.0 Å². The minimum Gasteiger partial charge on any atom is -0.481 e. The molecule has 0 saturated heterocycles. The molecule has 0 fully saturated rings. The molecule has 0 spiro atoms. The molecule has 0 heterocycles. The SMILES string of the molecule is CCC(=O)O[C@@H](C)OC(=O)NC[C@H](CC(=O)O)C[C@H](C)CC. The van der Waals surface area contributed by atoms with Crippen molar-refractivity contribution in [1.82, 2.24) is 5.32 Å². The molecule has 128 valence electrons. The first kappa shape index (κ1) is 20.2. The second-order valence-electron chi connectivity index (χ2n) is 5.41. The summed E-state index contributed by atoms with van der Waals surface area (Å²) in [7, 11) is 0. The third-order valence-corrected chi connectivity index (χ3v) is 3.29. The van der Waals surface area contributed by atoms with Gasteiger partial charge in [0.05, 0.1) is 0 Å². The van der Waals surface area contributed by atoms with Crippen LogP contribution in [0.25, 0.3) is 0 Å². The average molecular weight is 317 g/mol. The van der Waals surface area contributed by atoms with Gasteiger partial charge in [0, 0.05) is 26.3 Å². The number of carbonyl (C=O) groups is 3. The van der Waals surface area contributed by atoms with Crippen LogP contribution < -0.4 is 5.32 Å². The third kappa shape index (κ3) is 10.0. The molecule has 0 saturated carbocycles. The predicted octanol–water partition coefficient (Wildman–Crippen LogP) is 2.54. The van der Waals surface area contributed by atoms with Crippen LogP contribution in [0.15, 0.2) is 0 Å². The van der Waals surface area contributed by atoms with E-state index in [0.29, 0.717) is 12.3 Å². The first-order valence-electron chi connectivity index (χ1n) is 7.64. The predicted molar refractivity (Wildman–Crippen MR) is 80.1 cm³/mol. The first-order chi connectivity index (χ1) is 10.3. The fourth-order valence-electron chi connectivity index (χ4n) is 1.93. The zero-order valence-corrected chi connectivity index (χ0v) is 13.8. The van der Waals surface area contributed by atoms with Crippen molar-refractivity contribution in [3.05, 3.63) is 0 Å². The molecule has 2 N–H and O–H groups in total. The number of ether oxygens (including phenoxy) is 2. The number of rotatable bonds is 10. The zero-order chi connectivity index (χ0) is 17.1. The second kappa shape index (κ2) is 10.9. The summed E-state index contributed by atoms with van der Waals surface area (Å²) in [5.41, 5.74) is 0. The van der Waals surface area contributed by atoms with Crippen molar-refractivity contribution >= 4 is 18.0 Å². The van der Waals surface area contributed by atoms with Crippen LogP contribution in [0.3, 0.4) is 0 Å². The second-order valence-corrected chi connectivity index (χ2v) is 5.41. The summed E-state index contributed by atoms with van der Waals surface area (Å²) < 4.78 is 9.68. The van der Waals surface area contributed by atoms with Crippen LogP contribution in [0, 0.1) is 11.8 Å². The molecule has 0 rings (SSSR count). The minimum absolute atomic E-state index is 0.00893. The van der Waals surface area contributed by atoms with E-state index in [1.807, 2.05) is 13.8 Å². The molecule has 0 aliphatic heterocycles. The van der Waals surface area contributed by atoms with Crippen LogP contribution >= 0.6 is 0 Å². The standard InChI is InChI=1S/C15H27NO6/c1-5-10(3)7-12(8-13(17)18)9-16-15(20)22-11(4)21-14(19)6-2/h10-12H,5-9H2,1-4H3,(H,16,20)(H,17,18)/t10-,11-,12+/m1/s1. The fraction of sp³-hybridized carbons (Fsp3) is 0.800. The fourth-order valence-corrected chi connectivity index (χ4v) is 1.93. The summed E-state index contributed by atoms with van der Waals surface area (Å²) >= 11 is 0. The highest BCUT2D eigenvalue weighted by Gasteiger charge is 2.19. The first-order valence-corrected chi connectivity index (χ1v) is 7.64. The molecule has 0 aromatic carbocycles. The molecule has 3 atom stereocenters. The van der Waals surface area contributed by atoms with Gasteiger partial charge in [0.2, 0.25) is 6.29 Å². The van der Waals surface area contributed by atoms with Crippen molar-refractivity contribution in [2.45, 2.75) is 59.7 Å².